The van der Waals surface area contributed by atoms with Crippen molar-refractivity contribution in [3.8, 4) is 0 Å². The van der Waals surface area contributed by atoms with Gasteiger partial charge in [-0.1, -0.05) is 135 Å². The van der Waals surface area contributed by atoms with Crippen molar-refractivity contribution in [3.63, 3.8) is 0 Å². The molecule has 1 rings (SSSR count). The fraction of sp³-hybridized carbons (Fsp3) is 0.818. The molecule has 0 aliphatic heterocycles. The minimum absolute atomic E-state index is 1.25. The van der Waals surface area contributed by atoms with Crippen LogP contribution in [-0.2, 0) is 0 Å². The van der Waals surface area contributed by atoms with E-state index in [0.29, 0.717) is 0 Å². The number of hydrogen-bond acceptors (Lipinski definition) is 0. The van der Waals surface area contributed by atoms with Gasteiger partial charge in [0.2, 0.25) is 0 Å². The van der Waals surface area contributed by atoms with E-state index in [1.54, 1.807) is 5.69 Å². The molecule has 0 aliphatic rings. The van der Waals surface area contributed by atoms with Crippen LogP contribution in [0.25, 0.3) is 0 Å². The van der Waals surface area contributed by atoms with Crippen LogP contribution in [0.5, 0.6) is 0 Å². The van der Waals surface area contributed by atoms with E-state index in [1.165, 1.54) is 159 Å². The fourth-order valence-electron chi connectivity index (χ4n) is 5.58. The molecule has 0 spiro atoms. The molecule has 198 valence electrons. The van der Waals surface area contributed by atoms with Gasteiger partial charge in [-0.25, -0.2) is 0 Å². The Morgan fingerprint density at radius 2 is 0.676 bits per heavy atom. The minimum Gasteiger partial charge on any atom is -0.291 e. The first-order valence-electron chi connectivity index (χ1n) is 15.7. The highest BCUT2D eigenvalue weighted by Crippen LogP contribution is 2.27. The van der Waals surface area contributed by atoms with Gasteiger partial charge in [0, 0.05) is 0 Å². The van der Waals surface area contributed by atoms with E-state index in [4.69, 9.17) is 0 Å². The molecule has 34 heavy (non-hydrogen) atoms. The molecule has 0 atom stereocenters. The van der Waals surface area contributed by atoms with Crippen LogP contribution in [0.4, 0.5) is 5.69 Å². The molecule has 1 aromatic carbocycles. The van der Waals surface area contributed by atoms with Crippen LogP contribution in [0.2, 0.25) is 0 Å². The van der Waals surface area contributed by atoms with Gasteiger partial charge in [0.05, 0.1) is 19.6 Å². The number of unbranched alkanes of at least 4 members (excludes halogenated alkanes) is 18. The average Bonchev–Trinajstić information content (AvgIpc) is 2.87. The van der Waals surface area contributed by atoms with Crippen molar-refractivity contribution in [2.75, 3.05) is 19.6 Å². The summed E-state index contributed by atoms with van der Waals surface area (Å²) >= 11 is 0. The van der Waals surface area contributed by atoms with E-state index in [0.717, 1.165) is 0 Å². The molecular formula is C33H62N+. The van der Waals surface area contributed by atoms with Crippen LogP contribution < -0.4 is 4.48 Å². The van der Waals surface area contributed by atoms with Crippen molar-refractivity contribution >= 4 is 5.69 Å². The maximum absolute atomic E-state index is 2.43. The zero-order chi connectivity index (χ0) is 24.6. The van der Waals surface area contributed by atoms with Gasteiger partial charge >= 0.3 is 0 Å². The van der Waals surface area contributed by atoms with E-state index >= 15 is 0 Å². The Labute approximate surface area is 215 Å². The summed E-state index contributed by atoms with van der Waals surface area (Å²) in [7, 11) is 0. The van der Waals surface area contributed by atoms with Gasteiger partial charge in [0.1, 0.15) is 5.69 Å². The summed E-state index contributed by atoms with van der Waals surface area (Å²) in [6.07, 6.45) is 29.7. The van der Waals surface area contributed by atoms with Gasteiger partial charge in [0.25, 0.3) is 0 Å². The second-order valence-corrected chi connectivity index (χ2v) is 11.0. The molecule has 0 bridgehead atoms. The van der Waals surface area contributed by atoms with Gasteiger partial charge in [-0.15, -0.1) is 0 Å². The molecule has 1 nitrogen and oxygen atoms in total. The summed E-state index contributed by atoms with van der Waals surface area (Å²) in [4.78, 5) is 0. The third-order valence-electron chi connectivity index (χ3n) is 7.87. The predicted octanol–water partition coefficient (Wildman–Crippen LogP) is 11.2. The lowest BCUT2D eigenvalue weighted by atomic mass is 10.0. The third-order valence-corrected chi connectivity index (χ3v) is 7.87. The Hall–Kier alpha value is -0.820. The van der Waals surface area contributed by atoms with Crippen LogP contribution in [0.1, 0.15) is 156 Å². The van der Waals surface area contributed by atoms with Crippen molar-refractivity contribution in [3.05, 3.63) is 30.3 Å². The topological polar surface area (TPSA) is 0 Å². The predicted molar refractivity (Wildman–Crippen MR) is 157 cm³/mol. The summed E-state index contributed by atoms with van der Waals surface area (Å²) < 4.78 is 1.25. The molecule has 0 fully saturated rings. The van der Waals surface area contributed by atoms with Gasteiger partial charge in [-0.3, -0.25) is 4.48 Å². The lowest BCUT2D eigenvalue weighted by Gasteiger charge is -2.39. The van der Waals surface area contributed by atoms with E-state index in [2.05, 4.69) is 51.1 Å². The van der Waals surface area contributed by atoms with Gasteiger partial charge in [0.15, 0.2) is 0 Å². The van der Waals surface area contributed by atoms with Crippen LogP contribution in [0.15, 0.2) is 30.3 Å². The van der Waals surface area contributed by atoms with Crippen LogP contribution >= 0.6 is 0 Å². The van der Waals surface area contributed by atoms with E-state index in [-0.39, 0.29) is 0 Å². The second-order valence-electron chi connectivity index (χ2n) is 11.0. The van der Waals surface area contributed by atoms with Gasteiger partial charge in [-0.05, 0) is 50.7 Å². The lowest BCUT2D eigenvalue weighted by Crippen LogP contribution is -2.51. The molecule has 1 aromatic rings. The van der Waals surface area contributed by atoms with Crippen molar-refractivity contribution in [1.29, 1.82) is 0 Å². The third kappa shape index (κ3) is 15.2. The van der Waals surface area contributed by atoms with Gasteiger partial charge < -0.3 is 0 Å². The quantitative estimate of drug-likeness (QED) is 0.0980. The summed E-state index contributed by atoms with van der Waals surface area (Å²) in [6.45, 7) is 11.0. The van der Waals surface area contributed by atoms with Crippen molar-refractivity contribution in [1.82, 2.24) is 4.48 Å². The molecule has 1 heteroatoms. The minimum atomic E-state index is 1.25. The van der Waals surface area contributed by atoms with Crippen molar-refractivity contribution in [2.24, 2.45) is 0 Å². The highest BCUT2D eigenvalue weighted by Gasteiger charge is 2.29. The number of rotatable bonds is 25. The highest BCUT2D eigenvalue weighted by atomic mass is 15.4. The number of hydrogen-bond donors (Lipinski definition) is 0. The summed E-state index contributed by atoms with van der Waals surface area (Å²) in [5.41, 5.74) is 1.59. The summed E-state index contributed by atoms with van der Waals surface area (Å²) in [5.74, 6) is 0. The molecule has 0 saturated carbocycles. The normalized spacial score (nSPS) is 11.9. The lowest BCUT2D eigenvalue weighted by molar-refractivity contribution is 0.252. The second kappa shape index (κ2) is 22.6. The highest BCUT2D eigenvalue weighted by molar-refractivity contribution is 5.42. The molecule has 0 aliphatic carbocycles. The maximum atomic E-state index is 2.43. The average molecular weight is 473 g/mol. The Bertz CT molecular complexity index is 477. The molecule has 0 saturated heterocycles. The Balaban J connectivity index is 2.66. The van der Waals surface area contributed by atoms with Crippen LogP contribution in [-0.4, -0.2) is 19.6 Å². The molecule has 0 aromatic heterocycles. The largest absolute Gasteiger partial charge is 0.291 e. The van der Waals surface area contributed by atoms with E-state index in [9.17, 15) is 0 Å². The zero-order valence-corrected chi connectivity index (χ0v) is 23.8. The Morgan fingerprint density at radius 3 is 1.00 bits per heavy atom. The first-order valence-corrected chi connectivity index (χ1v) is 15.7. The zero-order valence-electron chi connectivity index (χ0n) is 23.8. The number of nitrogens with zero attached hydrogens (tertiary/aromatic N) is 1. The van der Waals surface area contributed by atoms with E-state index < -0.39 is 0 Å². The Morgan fingerprint density at radius 1 is 0.382 bits per heavy atom. The molecule has 0 amide bonds. The molecule has 0 heterocycles. The summed E-state index contributed by atoms with van der Waals surface area (Å²) in [6, 6.07) is 11.6. The fourth-order valence-corrected chi connectivity index (χ4v) is 5.58. The van der Waals surface area contributed by atoms with Crippen molar-refractivity contribution in [2.45, 2.75) is 156 Å². The standard InChI is InChI=1S/C33H62N/c1-4-7-10-13-16-19-25-30-34(33-28-23-22-24-29-33,31-26-20-17-14-11-8-5-2)32-27-21-18-15-12-9-6-3/h22-24,28-29H,4-21,25-27,30-32H2,1-3H3/q+1. The Kier molecular flexibility index (Phi) is 20.8. The first-order chi connectivity index (χ1) is 16.8. The van der Waals surface area contributed by atoms with Crippen LogP contribution in [0, 0.1) is 0 Å². The number of para-hydroxylation sites is 1. The SMILES string of the molecule is CCCCCCCCC[N+](CCCCCCCCC)(CCCCCCCCC)c1ccccc1. The van der Waals surface area contributed by atoms with E-state index in [1.807, 2.05) is 0 Å². The van der Waals surface area contributed by atoms with Crippen LogP contribution in [0.3, 0.4) is 0 Å². The maximum Gasteiger partial charge on any atom is 0.132 e. The van der Waals surface area contributed by atoms with Gasteiger partial charge in [-0.2, -0.15) is 0 Å². The number of benzene rings is 1. The first kappa shape index (κ1) is 31.2. The summed E-state index contributed by atoms with van der Waals surface area (Å²) in [5, 5.41) is 0. The molecule has 0 N–H and O–H groups in total. The smallest absolute Gasteiger partial charge is 0.132 e. The molecule has 0 unspecified atom stereocenters. The monoisotopic (exact) mass is 472 g/mol. The van der Waals surface area contributed by atoms with Crippen molar-refractivity contribution < 1.29 is 0 Å². The molecular weight excluding hydrogens is 410 g/mol. The molecule has 0 radical (unpaired) electrons. The number of quaternary nitrogens is 1.